The molecule has 1 saturated heterocycles. The van der Waals surface area contributed by atoms with Gasteiger partial charge in [-0.05, 0) is 36.6 Å². The molecule has 3 rings (SSSR count). The van der Waals surface area contributed by atoms with Crippen LogP contribution in [0.15, 0.2) is 48.9 Å². The fraction of sp³-hybridized carbons (Fsp3) is 0.333. The Morgan fingerprint density at radius 2 is 2.16 bits per heavy atom. The molecule has 0 unspecified atom stereocenters. The van der Waals surface area contributed by atoms with Gasteiger partial charge >= 0.3 is 0 Å². The van der Waals surface area contributed by atoms with Gasteiger partial charge in [0.05, 0.1) is 12.1 Å². The zero-order valence-electron chi connectivity index (χ0n) is 10.7. The van der Waals surface area contributed by atoms with Crippen LogP contribution in [0.25, 0.3) is 0 Å². The zero-order valence-corrected chi connectivity index (χ0v) is 10.7. The van der Waals surface area contributed by atoms with Gasteiger partial charge in [-0.25, -0.2) is 4.98 Å². The summed E-state index contributed by atoms with van der Waals surface area (Å²) in [6.07, 6.45) is 6.71. The second-order valence-corrected chi connectivity index (χ2v) is 4.87. The summed E-state index contributed by atoms with van der Waals surface area (Å²) in [5, 5.41) is 10.2. The molecule has 3 heterocycles. The number of nitrogens with zero attached hydrogens (tertiary/aromatic N) is 3. The molecule has 0 aromatic carbocycles. The number of aromatic nitrogens is 2. The van der Waals surface area contributed by atoms with E-state index in [1.54, 1.807) is 12.4 Å². The normalized spacial score (nSPS) is 22.7. The number of rotatable bonds is 3. The lowest BCUT2D eigenvalue weighted by Gasteiger charge is -2.27. The van der Waals surface area contributed by atoms with E-state index >= 15 is 0 Å². The van der Waals surface area contributed by atoms with Gasteiger partial charge in [0, 0.05) is 25.1 Å². The topological polar surface area (TPSA) is 49.2 Å². The van der Waals surface area contributed by atoms with Crippen molar-refractivity contribution in [3.8, 4) is 0 Å². The van der Waals surface area contributed by atoms with Crippen molar-refractivity contribution in [3.05, 3.63) is 54.5 Å². The highest BCUT2D eigenvalue weighted by Crippen LogP contribution is 2.26. The highest BCUT2D eigenvalue weighted by atomic mass is 16.3. The van der Waals surface area contributed by atoms with E-state index in [1.807, 2.05) is 30.5 Å². The van der Waals surface area contributed by atoms with E-state index in [-0.39, 0.29) is 12.1 Å². The van der Waals surface area contributed by atoms with E-state index < -0.39 is 0 Å². The second kappa shape index (κ2) is 5.36. The van der Waals surface area contributed by atoms with Crippen molar-refractivity contribution < 1.29 is 5.11 Å². The third-order valence-corrected chi connectivity index (χ3v) is 3.62. The van der Waals surface area contributed by atoms with Crippen LogP contribution in [0.1, 0.15) is 12.0 Å². The minimum Gasteiger partial charge on any atom is -0.391 e. The van der Waals surface area contributed by atoms with Crippen LogP contribution in [0.3, 0.4) is 0 Å². The lowest BCUT2D eigenvalue weighted by atomic mass is 10.0. The van der Waals surface area contributed by atoms with E-state index in [0.717, 1.165) is 30.8 Å². The molecule has 1 N–H and O–H groups in total. The first-order valence-electron chi connectivity index (χ1n) is 6.59. The highest BCUT2D eigenvalue weighted by Gasteiger charge is 2.33. The summed E-state index contributed by atoms with van der Waals surface area (Å²) in [5.41, 5.74) is 1.15. The summed E-state index contributed by atoms with van der Waals surface area (Å²) >= 11 is 0. The molecule has 0 saturated carbocycles. The Morgan fingerprint density at radius 1 is 1.21 bits per heavy atom. The Balaban J connectivity index is 1.81. The quantitative estimate of drug-likeness (QED) is 0.906. The summed E-state index contributed by atoms with van der Waals surface area (Å²) in [6, 6.07) is 9.95. The molecule has 0 radical (unpaired) electrons. The van der Waals surface area contributed by atoms with Crippen molar-refractivity contribution in [2.45, 2.75) is 25.0 Å². The van der Waals surface area contributed by atoms with Crippen LogP contribution in [0.2, 0.25) is 0 Å². The van der Waals surface area contributed by atoms with E-state index in [4.69, 9.17) is 0 Å². The van der Waals surface area contributed by atoms with Crippen LogP contribution in [0.5, 0.6) is 0 Å². The summed E-state index contributed by atoms with van der Waals surface area (Å²) < 4.78 is 0. The maximum Gasteiger partial charge on any atom is 0.128 e. The molecule has 2 aromatic heterocycles. The van der Waals surface area contributed by atoms with Crippen molar-refractivity contribution >= 4 is 5.82 Å². The Kier molecular flexibility index (Phi) is 3.42. The van der Waals surface area contributed by atoms with Gasteiger partial charge in [-0.2, -0.15) is 0 Å². The first-order valence-corrected chi connectivity index (χ1v) is 6.59. The molecule has 0 spiro atoms. The third kappa shape index (κ3) is 2.58. The van der Waals surface area contributed by atoms with Crippen LogP contribution in [0, 0.1) is 0 Å². The fourth-order valence-corrected chi connectivity index (χ4v) is 2.65. The molecule has 4 heteroatoms. The molecule has 19 heavy (non-hydrogen) atoms. The third-order valence-electron chi connectivity index (χ3n) is 3.62. The lowest BCUT2D eigenvalue weighted by molar-refractivity contribution is 0.164. The molecule has 0 aliphatic carbocycles. The predicted molar refractivity (Wildman–Crippen MR) is 73.9 cm³/mol. The van der Waals surface area contributed by atoms with E-state index in [0.29, 0.717) is 0 Å². The average molecular weight is 255 g/mol. The average Bonchev–Trinajstić information content (AvgIpc) is 2.82. The van der Waals surface area contributed by atoms with Crippen molar-refractivity contribution in [1.29, 1.82) is 0 Å². The molecular formula is C15H17N3O. The summed E-state index contributed by atoms with van der Waals surface area (Å²) in [4.78, 5) is 10.7. The van der Waals surface area contributed by atoms with Gasteiger partial charge < -0.3 is 10.0 Å². The van der Waals surface area contributed by atoms with Crippen molar-refractivity contribution in [3.63, 3.8) is 0 Å². The monoisotopic (exact) mass is 255 g/mol. The van der Waals surface area contributed by atoms with Gasteiger partial charge in [-0.15, -0.1) is 0 Å². The highest BCUT2D eigenvalue weighted by molar-refractivity contribution is 5.42. The predicted octanol–water partition coefficient (Wildman–Crippen LogP) is 1.66. The number of hydrogen-bond acceptors (Lipinski definition) is 4. The molecular weight excluding hydrogens is 238 g/mol. The SMILES string of the molecule is O[C@@H]1CCN(c2ccccn2)[C@@H]1Cc1cccnc1. The second-order valence-electron chi connectivity index (χ2n) is 4.87. The largest absolute Gasteiger partial charge is 0.391 e. The Labute approximate surface area is 112 Å². The minimum absolute atomic E-state index is 0.0825. The number of pyridine rings is 2. The number of aliphatic hydroxyl groups excluding tert-OH is 1. The first kappa shape index (κ1) is 12.1. The van der Waals surface area contributed by atoms with Gasteiger partial charge in [0.15, 0.2) is 0 Å². The molecule has 4 nitrogen and oxygen atoms in total. The molecule has 1 aliphatic rings. The number of aliphatic hydroxyl groups is 1. The minimum atomic E-state index is -0.304. The van der Waals surface area contributed by atoms with Gasteiger partial charge in [-0.3, -0.25) is 4.98 Å². The van der Waals surface area contributed by atoms with Crippen molar-refractivity contribution in [2.24, 2.45) is 0 Å². The molecule has 2 aromatic rings. The Hall–Kier alpha value is -1.94. The molecule has 1 aliphatic heterocycles. The first-order chi connectivity index (χ1) is 9.34. The van der Waals surface area contributed by atoms with Gasteiger partial charge in [0.2, 0.25) is 0 Å². The number of anilines is 1. The van der Waals surface area contributed by atoms with Crippen molar-refractivity contribution in [1.82, 2.24) is 9.97 Å². The van der Waals surface area contributed by atoms with Gasteiger partial charge in [0.25, 0.3) is 0 Å². The summed E-state index contributed by atoms with van der Waals surface area (Å²) in [5.74, 6) is 0.938. The molecule has 0 amide bonds. The van der Waals surface area contributed by atoms with E-state index in [9.17, 15) is 5.11 Å². The van der Waals surface area contributed by atoms with Crippen LogP contribution in [0.4, 0.5) is 5.82 Å². The van der Waals surface area contributed by atoms with Gasteiger partial charge in [0.1, 0.15) is 5.82 Å². The summed E-state index contributed by atoms with van der Waals surface area (Å²) in [7, 11) is 0. The van der Waals surface area contributed by atoms with Gasteiger partial charge in [-0.1, -0.05) is 12.1 Å². The van der Waals surface area contributed by atoms with Crippen LogP contribution < -0.4 is 4.90 Å². The maximum absolute atomic E-state index is 10.2. The van der Waals surface area contributed by atoms with Crippen LogP contribution in [-0.4, -0.2) is 33.8 Å². The standard InChI is InChI=1S/C15H17N3O/c19-14-6-9-18(15-5-1-2-8-17-15)13(14)10-12-4-3-7-16-11-12/h1-5,7-8,11,13-14,19H,6,9-10H2/t13-,14-/m1/s1. The van der Waals surface area contributed by atoms with Crippen LogP contribution >= 0.6 is 0 Å². The molecule has 2 atom stereocenters. The maximum atomic E-state index is 10.2. The van der Waals surface area contributed by atoms with Crippen LogP contribution in [-0.2, 0) is 6.42 Å². The zero-order chi connectivity index (χ0) is 13.1. The fourth-order valence-electron chi connectivity index (χ4n) is 2.65. The number of hydrogen-bond donors (Lipinski definition) is 1. The Bertz CT molecular complexity index is 517. The Morgan fingerprint density at radius 3 is 2.89 bits per heavy atom. The molecule has 98 valence electrons. The van der Waals surface area contributed by atoms with Crippen molar-refractivity contribution in [2.75, 3.05) is 11.4 Å². The lowest BCUT2D eigenvalue weighted by Crippen LogP contribution is -2.37. The van der Waals surface area contributed by atoms with E-state index in [1.165, 1.54) is 0 Å². The molecule has 1 fully saturated rings. The summed E-state index contributed by atoms with van der Waals surface area (Å²) in [6.45, 7) is 0.850. The van der Waals surface area contributed by atoms with E-state index in [2.05, 4.69) is 20.9 Å². The molecule has 0 bridgehead atoms. The smallest absolute Gasteiger partial charge is 0.128 e.